The van der Waals surface area contributed by atoms with Crippen LogP contribution in [0.15, 0.2) is 136 Å². The van der Waals surface area contributed by atoms with Gasteiger partial charge < -0.3 is 13.6 Å². The third-order valence-corrected chi connectivity index (χ3v) is 7.58. The molecule has 0 aliphatic rings. The second-order valence-corrected chi connectivity index (χ2v) is 11.5. The van der Waals surface area contributed by atoms with Crippen molar-refractivity contribution < 1.29 is 39.9 Å². The number of ether oxygens (including phenoxy) is 1. The van der Waals surface area contributed by atoms with Gasteiger partial charge >= 0.3 is 24.2 Å². The number of halogens is 7. The van der Waals surface area contributed by atoms with Crippen LogP contribution in [0.3, 0.4) is 0 Å². The average Bonchev–Trinajstić information content (AvgIpc) is 3.80. The summed E-state index contributed by atoms with van der Waals surface area (Å²) < 4.78 is 91.4. The summed E-state index contributed by atoms with van der Waals surface area (Å²) in [6.07, 6.45) is -4.49. The highest BCUT2D eigenvalue weighted by Gasteiger charge is 2.30. The molecular weight excluding hydrogens is 770 g/mol. The molecule has 1 N–H and O–H groups in total. The van der Waals surface area contributed by atoms with E-state index in [4.69, 9.17) is 13.6 Å². The SMILES string of the molecule is C=CCBr.C=CCOc1nnc(-c2ccccc2Cc2ccc(C(F)(F)F)cc2)o1.O=c1[nH]nc(-c2ccccc2Cc2ccc(C(F)(F)F)cc2)o1. The fourth-order valence-corrected chi connectivity index (χ4v) is 4.68. The Balaban J connectivity index is 0.000000216. The van der Waals surface area contributed by atoms with Crippen LogP contribution < -0.4 is 10.5 Å². The Labute approximate surface area is 308 Å². The number of nitrogens with zero attached hydrogens (tertiary/aromatic N) is 3. The van der Waals surface area contributed by atoms with Crippen LogP contribution in [0.1, 0.15) is 33.4 Å². The quantitative estimate of drug-likeness (QED) is 0.0835. The molecule has 0 aliphatic carbocycles. The average molecular weight is 802 g/mol. The van der Waals surface area contributed by atoms with Gasteiger partial charge in [-0.15, -0.1) is 16.8 Å². The minimum atomic E-state index is -4.35. The van der Waals surface area contributed by atoms with Gasteiger partial charge in [0.2, 0.25) is 5.89 Å². The van der Waals surface area contributed by atoms with Crippen LogP contribution in [-0.2, 0) is 25.2 Å². The van der Waals surface area contributed by atoms with Gasteiger partial charge in [0.1, 0.15) is 6.61 Å². The van der Waals surface area contributed by atoms with Gasteiger partial charge in [0.15, 0.2) is 0 Å². The van der Waals surface area contributed by atoms with Gasteiger partial charge in [-0.2, -0.15) is 26.3 Å². The van der Waals surface area contributed by atoms with Crippen molar-refractivity contribution in [2.45, 2.75) is 25.2 Å². The maximum absolute atomic E-state index is 12.7. The van der Waals surface area contributed by atoms with E-state index in [0.717, 1.165) is 46.3 Å². The topological polar surface area (TPSA) is 107 Å². The predicted molar refractivity (Wildman–Crippen MR) is 190 cm³/mol. The van der Waals surface area contributed by atoms with Gasteiger partial charge in [-0.25, -0.2) is 9.89 Å². The number of allylic oxidation sites excluding steroid dienone is 1. The number of H-pyrrole nitrogens is 1. The summed E-state index contributed by atoms with van der Waals surface area (Å²) in [5.74, 6) is -0.228. The van der Waals surface area contributed by atoms with E-state index >= 15 is 0 Å². The number of benzene rings is 4. The number of aromatic amines is 1. The first kappa shape index (κ1) is 40.1. The van der Waals surface area contributed by atoms with E-state index in [1.54, 1.807) is 30.4 Å². The number of hydrogen-bond acceptors (Lipinski definition) is 7. The van der Waals surface area contributed by atoms with Crippen LogP contribution in [0.25, 0.3) is 22.9 Å². The van der Waals surface area contributed by atoms with Crippen LogP contribution in [0, 0.1) is 0 Å². The van der Waals surface area contributed by atoms with Crippen LogP contribution in [0.4, 0.5) is 26.3 Å². The Bertz CT molecular complexity index is 2120. The van der Waals surface area contributed by atoms with E-state index in [2.05, 4.69) is 49.5 Å². The van der Waals surface area contributed by atoms with Crippen LogP contribution in [0.2, 0.25) is 0 Å². The number of nitrogens with one attached hydrogen (secondary N) is 1. The van der Waals surface area contributed by atoms with Crippen LogP contribution in [-0.4, -0.2) is 32.3 Å². The highest BCUT2D eigenvalue weighted by atomic mass is 79.9. The fourth-order valence-electron chi connectivity index (χ4n) is 4.68. The summed E-state index contributed by atoms with van der Waals surface area (Å²) in [5.41, 5.74) is 3.06. The third kappa shape index (κ3) is 11.9. The van der Waals surface area contributed by atoms with E-state index in [-0.39, 0.29) is 24.5 Å². The van der Waals surface area contributed by atoms with Gasteiger partial charge in [0, 0.05) is 16.5 Å². The molecule has 0 amide bonds. The Morgan fingerprint density at radius 3 is 1.57 bits per heavy atom. The first-order valence-electron chi connectivity index (χ1n) is 15.6. The number of alkyl halides is 7. The standard InChI is InChI=1S/C19H15F3N2O2.C16H11F3N2O2.C3H5Br/c1-2-11-25-18-24-23-17(26-18)16-6-4-3-5-14(16)12-13-7-9-15(10-8-13)19(20,21)22;17-16(18,19)12-7-5-10(6-8-12)9-11-3-1-2-4-13(11)14-20-21-15(22)23-14;1-2-3-4/h2-10H,1,11-12H2;1-8H,9H2,(H,21,22);2H,1,3H2. The minimum absolute atomic E-state index is 0.0317. The second-order valence-electron chi connectivity index (χ2n) is 10.9. The van der Waals surface area contributed by atoms with Crippen molar-refractivity contribution in [2.75, 3.05) is 11.9 Å². The molecule has 0 fully saturated rings. The lowest BCUT2D eigenvalue weighted by molar-refractivity contribution is -0.138. The van der Waals surface area contributed by atoms with Crippen LogP contribution >= 0.6 is 15.9 Å². The van der Waals surface area contributed by atoms with Crippen molar-refractivity contribution >= 4 is 15.9 Å². The molecule has 2 heterocycles. The molecular formula is C38H31BrF6N4O4. The molecule has 0 bridgehead atoms. The number of aromatic nitrogens is 4. The molecule has 2 aromatic heterocycles. The lowest BCUT2D eigenvalue weighted by Gasteiger charge is -2.09. The van der Waals surface area contributed by atoms with E-state index in [9.17, 15) is 31.1 Å². The Morgan fingerprint density at radius 2 is 1.15 bits per heavy atom. The molecule has 0 aliphatic heterocycles. The number of rotatable bonds is 10. The Hall–Kier alpha value is -5.70. The molecule has 0 saturated carbocycles. The highest BCUT2D eigenvalue weighted by Crippen LogP contribution is 2.32. The number of hydrogen-bond donors (Lipinski definition) is 1. The van der Waals surface area contributed by atoms with Gasteiger partial charge in [-0.1, -0.05) is 100 Å². The van der Waals surface area contributed by atoms with Crippen molar-refractivity contribution in [3.8, 4) is 29.0 Å². The smallest absolute Gasteiger partial charge is 0.434 e. The molecule has 276 valence electrons. The molecule has 6 aromatic rings. The van der Waals surface area contributed by atoms with Crippen LogP contribution in [0.5, 0.6) is 6.08 Å². The Morgan fingerprint density at radius 1 is 0.679 bits per heavy atom. The lowest BCUT2D eigenvalue weighted by atomic mass is 9.99. The highest BCUT2D eigenvalue weighted by molar-refractivity contribution is 9.09. The third-order valence-electron chi connectivity index (χ3n) is 7.13. The lowest BCUT2D eigenvalue weighted by Crippen LogP contribution is -2.04. The fraction of sp³-hybridized carbons (Fsp3) is 0.158. The molecule has 8 nitrogen and oxygen atoms in total. The molecule has 53 heavy (non-hydrogen) atoms. The Kier molecular flexibility index (Phi) is 14.1. The maximum Gasteiger partial charge on any atom is 0.434 e. The molecule has 0 radical (unpaired) electrons. The molecule has 0 spiro atoms. The largest absolute Gasteiger partial charge is 0.445 e. The van der Waals surface area contributed by atoms with Crippen molar-refractivity contribution in [3.05, 3.63) is 166 Å². The molecule has 0 atom stereocenters. The zero-order valence-electron chi connectivity index (χ0n) is 27.8. The van der Waals surface area contributed by atoms with Gasteiger partial charge in [0.25, 0.3) is 5.89 Å². The van der Waals surface area contributed by atoms with Gasteiger partial charge in [0.05, 0.1) is 11.1 Å². The maximum atomic E-state index is 12.7. The molecule has 0 unspecified atom stereocenters. The van der Waals surface area contributed by atoms with Crippen molar-refractivity contribution in [3.63, 3.8) is 0 Å². The minimum Gasteiger partial charge on any atom is -0.445 e. The van der Waals surface area contributed by atoms with Gasteiger partial charge in [-0.3, -0.25) is 0 Å². The molecule has 0 saturated heterocycles. The van der Waals surface area contributed by atoms with E-state index in [1.165, 1.54) is 24.3 Å². The van der Waals surface area contributed by atoms with Crippen molar-refractivity contribution in [2.24, 2.45) is 0 Å². The van der Waals surface area contributed by atoms with E-state index in [1.807, 2.05) is 30.3 Å². The normalized spacial score (nSPS) is 11.1. The summed E-state index contributed by atoms with van der Waals surface area (Å²) in [7, 11) is 0. The summed E-state index contributed by atoms with van der Waals surface area (Å²) in [6.45, 7) is 7.21. The van der Waals surface area contributed by atoms with Crippen molar-refractivity contribution in [1.82, 2.24) is 20.4 Å². The van der Waals surface area contributed by atoms with Gasteiger partial charge in [-0.05, 0) is 71.5 Å². The summed E-state index contributed by atoms with van der Waals surface area (Å²) in [6, 6.07) is 24.5. The zero-order valence-corrected chi connectivity index (χ0v) is 29.3. The first-order chi connectivity index (χ1) is 25.3. The molecule has 6 rings (SSSR count). The summed E-state index contributed by atoms with van der Waals surface area (Å²) >= 11 is 3.13. The summed E-state index contributed by atoms with van der Waals surface area (Å²) in [5, 5.41) is 14.6. The monoisotopic (exact) mass is 800 g/mol. The molecule has 15 heteroatoms. The zero-order chi connectivity index (χ0) is 38.4. The predicted octanol–water partition coefficient (Wildman–Crippen LogP) is 10.1. The first-order valence-corrected chi connectivity index (χ1v) is 16.7. The van der Waals surface area contributed by atoms with Crippen molar-refractivity contribution in [1.29, 1.82) is 0 Å². The summed E-state index contributed by atoms with van der Waals surface area (Å²) in [4.78, 5) is 11.1. The van der Waals surface area contributed by atoms with E-state index < -0.39 is 29.2 Å². The van der Waals surface area contributed by atoms with E-state index in [0.29, 0.717) is 29.5 Å². The molecule has 4 aromatic carbocycles. The second kappa shape index (κ2) is 18.7.